The van der Waals surface area contributed by atoms with Gasteiger partial charge in [0.15, 0.2) is 0 Å². The van der Waals surface area contributed by atoms with E-state index in [0.29, 0.717) is 10.8 Å². The minimum atomic E-state index is -0.346. The Morgan fingerprint density at radius 2 is 2.20 bits per heavy atom. The van der Waals surface area contributed by atoms with Crippen LogP contribution in [0.4, 0.5) is 0 Å². The maximum Gasteiger partial charge on any atom is 0.138 e. The van der Waals surface area contributed by atoms with Crippen LogP contribution in [0, 0.1) is 6.92 Å². The molecular formula is C12H15ClO2. The molecule has 1 aromatic carbocycles. The summed E-state index contributed by atoms with van der Waals surface area (Å²) in [4.78, 5) is 0. The summed E-state index contributed by atoms with van der Waals surface area (Å²) in [6, 6.07) is 5.68. The highest BCUT2D eigenvalue weighted by Gasteiger charge is 2.27. The number of aliphatic hydroxyl groups is 1. The van der Waals surface area contributed by atoms with Gasteiger partial charge >= 0.3 is 0 Å². The second kappa shape index (κ2) is 4.42. The smallest absolute Gasteiger partial charge is 0.138 e. The van der Waals surface area contributed by atoms with Crippen molar-refractivity contribution in [1.29, 1.82) is 0 Å². The summed E-state index contributed by atoms with van der Waals surface area (Å²) in [5.74, 6) is 0.683. The van der Waals surface area contributed by atoms with E-state index in [1.807, 2.05) is 25.1 Å². The van der Waals surface area contributed by atoms with Gasteiger partial charge in [-0.3, -0.25) is 0 Å². The topological polar surface area (TPSA) is 29.5 Å². The Hall–Kier alpha value is -0.730. The van der Waals surface area contributed by atoms with Crippen LogP contribution >= 0.6 is 11.6 Å². The van der Waals surface area contributed by atoms with Crippen molar-refractivity contribution >= 4 is 11.6 Å². The van der Waals surface area contributed by atoms with Crippen molar-refractivity contribution in [3.8, 4) is 5.75 Å². The molecule has 1 aliphatic rings. The summed E-state index contributed by atoms with van der Waals surface area (Å²) in [6.07, 6.45) is 2.32. The molecule has 0 aromatic heterocycles. The van der Waals surface area contributed by atoms with Crippen LogP contribution < -0.4 is 4.74 Å². The van der Waals surface area contributed by atoms with E-state index in [1.54, 1.807) is 0 Å². The average Bonchev–Trinajstić information content (AvgIpc) is 2.58. The number of hydrogen-bond acceptors (Lipinski definition) is 2. The van der Waals surface area contributed by atoms with Crippen molar-refractivity contribution in [2.75, 3.05) is 0 Å². The van der Waals surface area contributed by atoms with Crippen molar-refractivity contribution in [1.82, 2.24) is 0 Å². The molecule has 1 fully saturated rings. The Morgan fingerprint density at radius 3 is 2.87 bits per heavy atom. The highest BCUT2D eigenvalue weighted by Crippen LogP contribution is 2.30. The highest BCUT2D eigenvalue weighted by molar-refractivity contribution is 6.32. The van der Waals surface area contributed by atoms with E-state index in [4.69, 9.17) is 16.3 Å². The fourth-order valence-electron chi connectivity index (χ4n) is 1.91. The molecule has 0 radical (unpaired) electrons. The normalized spacial score (nSPS) is 25.5. The molecule has 0 amide bonds. The molecule has 1 saturated carbocycles. The molecule has 0 spiro atoms. The fourth-order valence-corrected chi connectivity index (χ4v) is 2.07. The van der Waals surface area contributed by atoms with E-state index >= 15 is 0 Å². The Bertz CT molecular complexity index is 351. The lowest BCUT2D eigenvalue weighted by molar-refractivity contribution is 0.0604. The molecule has 15 heavy (non-hydrogen) atoms. The number of halogens is 1. The molecule has 0 heterocycles. The largest absolute Gasteiger partial charge is 0.486 e. The van der Waals surface area contributed by atoms with Crippen LogP contribution in [-0.4, -0.2) is 17.3 Å². The first-order chi connectivity index (χ1) is 7.16. The molecule has 0 saturated heterocycles. The van der Waals surface area contributed by atoms with Gasteiger partial charge in [0.05, 0.1) is 11.1 Å². The molecule has 2 rings (SSSR count). The Balaban J connectivity index is 2.12. The second-order valence-electron chi connectivity index (χ2n) is 4.09. The molecular weight excluding hydrogens is 212 g/mol. The van der Waals surface area contributed by atoms with Crippen molar-refractivity contribution in [2.24, 2.45) is 0 Å². The van der Waals surface area contributed by atoms with E-state index in [1.165, 1.54) is 0 Å². The fraction of sp³-hybridized carbons (Fsp3) is 0.500. The third kappa shape index (κ3) is 2.44. The molecule has 82 valence electrons. The first-order valence-corrected chi connectivity index (χ1v) is 5.65. The van der Waals surface area contributed by atoms with Crippen molar-refractivity contribution in [3.63, 3.8) is 0 Å². The average molecular weight is 227 g/mol. The van der Waals surface area contributed by atoms with Gasteiger partial charge < -0.3 is 9.84 Å². The molecule has 2 atom stereocenters. The van der Waals surface area contributed by atoms with Gasteiger partial charge in [0, 0.05) is 0 Å². The summed E-state index contributed by atoms with van der Waals surface area (Å²) in [5.41, 5.74) is 1.11. The van der Waals surface area contributed by atoms with Crippen LogP contribution in [0.2, 0.25) is 5.02 Å². The van der Waals surface area contributed by atoms with Gasteiger partial charge in [0.1, 0.15) is 11.9 Å². The van der Waals surface area contributed by atoms with Crippen molar-refractivity contribution < 1.29 is 9.84 Å². The Labute approximate surface area is 94.8 Å². The Kier molecular flexibility index (Phi) is 3.17. The second-order valence-corrected chi connectivity index (χ2v) is 4.50. The first kappa shape index (κ1) is 10.8. The monoisotopic (exact) mass is 226 g/mol. The van der Waals surface area contributed by atoms with Gasteiger partial charge in [-0.1, -0.05) is 17.7 Å². The number of benzene rings is 1. The van der Waals surface area contributed by atoms with Gasteiger partial charge in [0.2, 0.25) is 0 Å². The molecule has 1 aliphatic carbocycles. The van der Waals surface area contributed by atoms with E-state index in [0.717, 1.165) is 24.8 Å². The summed E-state index contributed by atoms with van der Waals surface area (Å²) in [6.45, 7) is 1.99. The molecule has 1 aromatic rings. The highest BCUT2D eigenvalue weighted by atomic mass is 35.5. The van der Waals surface area contributed by atoms with Crippen LogP contribution in [0.3, 0.4) is 0 Å². The molecule has 0 unspecified atom stereocenters. The molecule has 0 aliphatic heterocycles. The summed E-state index contributed by atoms with van der Waals surface area (Å²) >= 11 is 6.02. The summed E-state index contributed by atoms with van der Waals surface area (Å²) in [7, 11) is 0. The lowest BCUT2D eigenvalue weighted by Gasteiger charge is -2.18. The zero-order valence-corrected chi connectivity index (χ0v) is 9.50. The van der Waals surface area contributed by atoms with E-state index in [-0.39, 0.29) is 12.2 Å². The number of hydrogen-bond donors (Lipinski definition) is 1. The van der Waals surface area contributed by atoms with Crippen molar-refractivity contribution in [2.45, 2.75) is 38.4 Å². The van der Waals surface area contributed by atoms with Crippen molar-refractivity contribution in [3.05, 3.63) is 28.8 Å². The third-order valence-electron chi connectivity index (χ3n) is 2.78. The standard InChI is InChI=1S/C12H15ClO2/c1-8-5-6-9(13)12(7-8)15-11-4-2-3-10(11)14/h5-7,10-11,14H,2-4H2,1H3/t10-,11-/m0/s1. The first-order valence-electron chi connectivity index (χ1n) is 5.27. The lowest BCUT2D eigenvalue weighted by atomic mass is 10.2. The maximum absolute atomic E-state index is 9.64. The van der Waals surface area contributed by atoms with E-state index < -0.39 is 0 Å². The van der Waals surface area contributed by atoms with Gasteiger partial charge in [0.25, 0.3) is 0 Å². The molecule has 1 N–H and O–H groups in total. The molecule has 2 nitrogen and oxygen atoms in total. The third-order valence-corrected chi connectivity index (χ3v) is 3.09. The number of aliphatic hydroxyl groups excluding tert-OH is 1. The minimum Gasteiger partial charge on any atom is -0.486 e. The summed E-state index contributed by atoms with van der Waals surface area (Å²) in [5, 5.41) is 10.3. The van der Waals surface area contributed by atoms with E-state index in [2.05, 4.69) is 0 Å². The molecule has 0 bridgehead atoms. The zero-order chi connectivity index (χ0) is 10.8. The minimum absolute atomic E-state index is 0.0932. The van der Waals surface area contributed by atoms with Crippen LogP contribution in [0.25, 0.3) is 0 Å². The van der Waals surface area contributed by atoms with Crippen LogP contribution in [0.1, 0.15) is 24.8 Å². The number of rotatable bonds is 2. The molecule has 3 heteroatoms. The van der Waals surface area contributed by atoms with Gasteiger partial charge in [-0.2, -0.15) is 0 Å². The van der Waals surface area contributed by atoms with Gasteiger partial charge in [-0.25, -0.2) is 0 Å². The van der Waals surface area contributed by atoms with Crippen LogP contribution in [0.5, 0.6) is 5.75 Å². The zero-order valence-electron chi connectivity index (χ0n) is 8.74. The SMILES string of the molecule is Cc1ccc(Cl)c(O[C@H]2CCC[C@@H]2O)c1. The van der Waals surface area contributed by atoms with Crippen LogP contribution in [-0.2, 0) is 0 Å². The van der Waals surface area contributed by atoms with Gasteiger partial charge in [-0.05, 0) is 43.9 Å². The predicted octanol–water partition coefficient (Wildman–Crippen LogP) is 2.94. The number of ether oxygens (including phenoxy) is 1. The Morgan fingerprint density at radius 1 is 1.40 bits per heavy atom. The van der Waals surface area contributed by atoms with Gasteiger partial charge in [-0.15, -0.1) is 0 Å². The number of aryl methyl sites for hydroxylation is 1. The van der Waals surface area contributed by atoms with E-state index in [9.17, 15) is 5.11 Å². The van der Waals surface area contributed by atoms with Crippen LogP contribution in [0.15, 0.2) is 18.2 Å². The summed E-state index contributed by atoms with van der Waals surface area (Å²) < 4.78 is 5.72. The lowest BCUT2D eigenvalue weighted by Crippen LogP contribution is -2.25. The quantitative estimate of drug-likeness (QED) is 0.840. The maximum atomic E-state index is 9.64. The predicted molar refractivity (Wildman–Crippen MR) is 60.5 cm³/mol.